The monoisotopic (exact) mass is 484 g/mol. The van der Waals surface area contributed by atoms with E-state index >= 15 is 4.39 Å². The van der Waals surface area contributed by atoms with Crippen LogP contribution in [0.5, 0.6) is 5.75 Å². The molecule has 0 saturated carbocycles. The number of hydrogen-bond acceptors (Lipinski definition) is 1. The van der Waals surface area contributed by atoms with Gasteiger partial charge in [0.25, 0.3) is 0 Å². The molecule has 0 aliphatic carbocycles. The van der Waals surface area contributed by atoms with Crippen molar-refractivity contribution >= 4 is 21.5 Å². The summed E-state index contributed by atoms with van der Waals surface area (Å²) in [6.45, 7) is 5.20. The number of benzene rings is 4. The Bertz CT molecular complexity index is 1240. The van der Waals surface area contributed by atoms with Crippen LogP contribution >= 0.6 is 0 Å². The SMILES string of the molecule is CCCCCCCCOc1ccc2c(c1)cc(F)c1cc(-c3ccc(CCCCCC)cc3)ccc12. The summed E-state index contributed by atoms with van der Waals surface area (Å²) in [6.07, 6.45) is 13.7. The second-order valence-corrected chi connectivity index (χ2v) is 10.1. The molecule has 0 atom stereocenters. The van der Waals surface area contributed by atoms with Crippen molar-refractivity contribution in [1.29, 1.82) is 0 Å². The molecule has 0 saturated heterocycles. The van der Waals surface area contributed by atoms with E-state index in [2.05, 4.69) is 56.3 Å². The van der Waals surface area contributed by atoms with Crippen LogP contribution in [0.4, 0.5) is 4.39 Å². The van der Waals surface area contributed by atoms with Crippen molar-refractivity contribution in [3.63, 3.8) is 0 Å². The lowest BCUT2D eigenvalue weighted by Gasteiger charge is -2.11. The third-order valence-corrected chi connectivity index (χ3v) is 7.25. The first kappa shape index (κ1) is 26.2. The van der Waals surface area contributed by atoms with E-state index in [1.54, 1.807) is 6.07 Å². The highest BCUT2D eigenvalue weighted by atomic mass is 19.1. The predicted molar refractivity (Wildman–Crippen MR) is 154 cm³/mol. The van der Waals surface area contributed by atoms with Crippen LogP contribution in [0.1, 0.15) is 83.6 Å². The van der Waals surface area contributed by atoms with Crippen molar-refractivity contribution in [2.75, 3.05) is 6.61 Å². The summed E-state index contributed by atoms with van der Waals surface area (Å²) in [5.74, 6) is 0.640. The van der Waals surface area contributed by atoms with Gasteiger partial charge in [0, 0.05) is 5.39 Å². The van der Waals surface area contributed by atoms with Gasteiger partial charge < -0.3 is 4.74 Å². The van der Waals surface area contributed by atoms with Crippen molar-refractivity contribution in [2.24, 2.45) is 0 Å². The maximum atomic E-state index is 15.2. The van der Waals surface area contributed by atoms with E-state index in [0.29, 0.717) is 12.0 Å². The van der Waals surface area contributed by atoms with Crippen LogP contribution in [0.3, 0.4) is 0 Å². The zero-order valence-electron chi connectivity index (χ0n) is 22.1. The van der Waals surface area contributed by atoms with Crippen LogP contribution in [0, 0.1) is 5.82 Å². The molecule has 0 amide bonds. The van der Waals surface area contributed by atoms with Gasteiger partial charge in [-0.3, -0.25) is 0 Å². The minimum atomic E-state index is -0.181. The van der Waals surface area contributed by atoms with Crippen LogP contribution in [0.15, 0.2) is 66.7 Å². The van der Waals surface area contributed by atoms with Crippen LogP contribution in [-0.4, -0.2) is 6.61 Å². The van der Waals surface area contributed by atoms with Gasteiger partial charge in [0.05, 0.1) is 6.61 Å². The normalized spacial score (nSPS) is 11.4. The molecule has 190 valence electrons. The standard InChI is InChI=1S/C34H41FO/c1-3-5-7-9-10-12-22-36-30-19-21-31-29(23-30)25-34(35)33-24-28(18-20-32(31)33)27-16-14-26(15-17-27)13-11-8-6-4-2/h14-21,23-25H,3-13,22H2,1-2H3. The highest BCUT2D eigenvalue weighted by Crippen LogP contribution is 2.33. The van der Waals surface area contributed by atoms with E-state index in [4.69, 9.17) is 4.74 Å². The number of unbranched alkanes of at least 4 members (excludes halogenated alkanes) is 8. The fourth-order valence-electron chi connectivity index (χ4n) is 5.06. The first-order valence-electron chi connectivity index (χ1n) is 14.1. The van der Waals surface area contributed by atoms with Gasteiger partial charge in [-0.25, -0.2) is 4.39 Å². The number of fused-ring (bicyclic) bond motifs is 3. The lowest BCUT2D eigenvalue weighted by Crippen LogP contribution is -1.97. The highest BCUT2D eigenvalue weighted by molar-refractivity contribution is 6.09. The summed E-state index contributed by atoms with van der Waals surface area (Å²) in [5, 5.41) is 3.57. The lowest BCUT2D eigenvalue weighted by atomic mass is 9.96. The van der Waals surface area contributed by atoms with E-state index in [0.717, 1.165) is 45.9 Å². The fourth-order valence-corrected chi connectivity index (χ4v) is 5.06. The van der Waals surface area contributed by atoms with Crippen LogP contribution in [0.25, 0.3) is 32.7 Å². The molecule has 0 radical (unpaired) electrons. The second kappa shape index (κ2) is 13.4. The van der Waals surface area contributed by atoms with Crippen LogP contribution < -0.4 is 4.74 Å². The zero-order valence-corrected chi connectivity index (χ0v) is 22.1. The molecular formula is C34H41FO. The van der Waals surface area contributed by atoms with Crippen molar-refractivity contribution in [2.45, 2.75) is 84.5 Å². The predicted octanol–water partition coefficient (Wildman–Crippen LogP) is 10.7. The summed E-state index contributed by atoms with van der Waals surface area (Å²) in [5.41, 5.74) is 3.56. The summed E-state index contributed by atoms with van der Waals surface area (Å²) in [4.78, 5) is 0. The minimum absolute atomic E-state index is 0.181. The van der Waals surface area contributed by atoms with Gasteiger partial charge in [0.1, 0.15) is 11.6 Å². The van der Waals surface area contributed by atoms with E-state index in [1.165, 1.54) is 63.4 Å². The van der Waals surface area contributed by atoms with Gasteiger partial charge >= 0.3 is 0 Å². The number of ether oxygens (including phenoxy) is 1. The van der Waals surface area contributed by atoms with Gasteiger partial charge in [-0.1, -0.05) is 108 Å². The Labute approximate surface area is 216 Å². The zero-order chi connectivity index (χ0) is 25.2. The molecule has 0 aliphatic rings. The Kier molecular flexibility index (Phi) is 9.78. The third-order valence-electron chi connectivity index (χ3n) is 7.25. The fraction of sp³-hybridized carbons (Fsp3) is 0.412. The number of aryl methyl sites for hydroxylation is 1. The molecule has 1 nitrogen and oxygen atoms in total. The molecule has 0 spiro atoms. The molecule has 36 heavy (non-hydrogen) atoms. The molecular weight excluding hydrogens is 443 g/mol. The minimum Gasteiger partial charge on any atom is -0.494 e. The summed E-state index contributed by atoms with van der Waals surface area (Å²) >= 11 is 0. The van der Waals surface area contributed by atoms with Crippen molar-refractivity contribution in [1.82, 2.24) is 0 Å². The van der Waals surface area contributed by atoms with Gasteiger partial charge in [0.2, 0.25) is 0 Å². The Balaban J connectivity index is 1.45. The quantitative estimate of drug-likeness (QED) is 0.128. The Morgan fingerprint density at radius 2 is 1.25 bits per heavy atom. The molecule has 2 heteroatoms. The summed E-state index contributed by atoms with van der Waals surface area (Å²) < 4.78 is 21.2. The molecule has 0 heterocycles. The number of rotatable bonds is 14. The maximum absolute atomic E-state index is 15.2. The molecule has 4 aromatic carbocycles. The third kappa shape index (κ3) is 6.87. The first-order valence-corrected chi connectivity index (χ1v) is 14.1. The molecule has 0 N–H and O–H groups in total. The molecule has 4 aromatic rings. The van der Waals surface area contributed by atoms with Crippen molar-refractivity contribution in [3.05, 3.63) is 78.1 Å². The van der Waals surface area contributed by atoms with Crippen LogP contribution in [0.2, 0.25) is 0 Å². The largest absolute Gasteiger partial charge is 0.494 e. The summed E-state index contributed by atoms with van der Waals surface area (Å²) in [6, 6.07) is 22.6. The van der Waals surface area contributed by atoms with Gasteiger partial charge in [-0.2, -0.15) is 0 Å². The molecule has 0 unspecified atom stereocenters. The van der Waals surface area contributed by atoms with E-state index < -0.39 is 0 Å². The number of halogens is 1. The Morgan fingerprint density at radius 3 is 2.03 bits per heavy atom. The van der Waals surface area contributed by atoms with E-state index in [-0.39, 0.29) is 5.82 Å². The maximum Gasteiger partial charge on any atom is 0.131 e. The van der Waals surface area contributed by atoms with Gasteiger partial charge in [0.15, 0.2) is 0 Å². The molecule has 0 aliphatic heterocycles. The molecule has 0 fully saturated rings. The van der Waals surface area contributed by atoms with Gasteiger partial charge in [-0.05, 0) is 76.4 Å². The van der Waals surface area contributed by atoms with Gasteiger partial charge in [-0.15, -0.1) is 0 Å². The first-order chi connectivity index (χ1) is 17.7. The Morgan fingerprint density at radius 1 is 0.583 bits per heavy atom. The summed E-state index contributed by atoms with van der Waals surface area (Å²) in [7, 11) is 0. The second-order valence-electron chi connectivity index (χ2n) is 10.1. The topological polar surface area (TPSA) is 9.23 Å². The van der Waals surface area contributed by atoms with Crippen molar-refractivity contribution < 1.29 is 9.13 Å². The smallest absolute Gasteiger partial charge is 0.131 e. The molecule has 0 aromatic heterocycles. The average molecular weight is 485 g/mol. The molecule has 0 bridgehead atoms. The van der Waals surface area contributed by atoms with Crippen LogP contribution in [-0.2, 0) is 6.42 Å². The average Bonchev–Trinajstić information content (AvgIpc) is 2.91. The molecule has 4 rings (SSSR count). The van der Waals surface area contributed by atoms with E-state index in [9.17, 15) is 0 Å². The highest BCUT2D eigenvalue weighted by Gasteiger charge is 2.10. The lowest BCUT2D eigenvalue weighted by molar-refractivity contribution is 0.305. The Hall–Kier alpha value is -2.87. The number of hydrogen-bond donors (Lipinski definition) is 0. The van der Waals surface area contributed by atoms with E-state index in [1.807, 2.05) is 18.2 Å². The van der Waals surface area contributed by atoms with Crippen molar-refractivity contribution in [3.8, 4) is 16.9 Å².